The Morgan fingerprint density at radius 2 is 0.900 bits per heavy atom. The fraction of sp³-hybridized carbons (Fsp3) is 0.382. The zero-order valence-corrected chi connectivity index (χ0v) is 24.4. The van der Waals surface area contributed by atoms with Crippen molar-refractivity contribution >= 4 is 17.9 Å². The van der Waals surface area contributed by atoms with Gasteiger partial charge < -0.3 is 14.2 Å². The molecule has 3 aromatic carbocycles. The number of ether oxygens (including phenoxy) is 3. The van der Waals surface area contributed by atoms with Crippen LogP contribution in [0.15, 0.2) is 72.8 Å². The third-order valence-electron chi connectivity index (χ3n) is 7.51. The topological polar surface area (TPSA) is 78.9 Å². The molecule has 0 N–H and O–H groups in total. The predicted octanol–water partition coefficient (Wildman–Crippen LogP) is 7.44. The highest BCUT2D eigenvalue weighted by molar-refractivity contribution is 5.90. The second-order valence-corrected chi connectivity index (χ2v) is 10.4. The zero-order valence-electron chi connectivity index (χ0n) is 24.4. The summed E-state index contributed by atoms with van der Waals surface area (Å²) in [5.74, 6) is -1.44. The summed E-state index contributed by atoms with van der Waals surface area (Å²) in [4.78, 5) is 39.5. The molecule has 0 spiro atoms. The Hall–Kier alpha value is -3.93. The lowest BCUT2D eigenvalue weighted by Crippen LogP contribution is -2.52. The molecule has 0 saturated heterocycles. The summed E-state index contributed by atoms with van der Waals surface area (Å²) in [5.41, 5.74) is 3.38. The summed E-state index contributed by atoms with van der Waals surface area (Å²) in [6.45, 7) is 11.5. The lowest BCUT2D eigenvalue weighted by molar-refractivity contribution is -0.117. The molecule has 0 fully saturated rings. The molecule has 0 saturated carbocycles. The molecule has 2 atom stereocenters. The Morgan fingerprint density at radius 1 is 0.575 bits per heavy atom. The van der Waals surface area contributed by atoms with Crippen LogP contribution in [0.4, 0.5) is 0 Å². The summed E-state index contributed by atoms with van der Waals surface area (Å²) < 4.78 is 18.1. The Balaban J connectivity index is 1.95. The summed E-state index contributed by atoms with van der Waals surface area (Å²) >= 11 is 0. The zero-order chi connectivity index (χ0) is 29.3. The van der Waals surface area contributed by atoms with Gasteiger partial charge in [-0.15, -0.1) is 0 Å². The van der Waals surface area contributed by atoms with E-state index in [1.165, 1.54) is 0 Å². The van der Waals surface area contributed by atoms with Crippen molar-refractivity contribution in [1.29, 1.82) is 0 Å². The third-order valence-corrected chi connectivity index (χ3v) is 7.51. The number of hydrogen-bond acceptors (Lipinski definition) is 6. The monoisotopic (exact) mass is 544 g/mol. The number of aryl methyl sites for hydroxylation is 3. The van der Waals surface area contributed by atoms with Gasteiger partial charge in [0.15, 0.2) is 0 Å². The minimum absolute atomic E-state index is 0.0877. The first-order valence-electron chi connectivity index (χ1n) is 13.9. The van der Waals surface area contributed by atoms with Gasteiger partial charge in [-0.05, 0) is 76.4 Å². The molecule has 0 aliphatic rings. The van der Waals surface area contributed by atoms with E-state index in [1.807, 2.05) is 77.9 Å². The molecule has 40 heavy (non-hydrogen) atoms. The molecule has 0 amide bonds. The normalized spacial score (nSPS) is 13.9. The number of hydrogen-bond donors (Lipinski definition) is 0. The van der Waals surface area contributed by atoms with E-state index in [0.717, 1.165) is 16.7 Å². The Labute approximate surface area is 237 Å². The van der Waals surface area contributed by atoms with Gasteiger partial charge in [0.2, 0.25) is 0 Å². The van der Waals surface area contributed by atoms with Crippen LogP contribution in [0.3, 0.4) is 0 Å². The van der Waals surface area contributed by atoms with Gasteiger partial charge >= 0.3 is 17.9 Å². The minimum atomic E-state index is -0.982. The van der Waals surface area contributed by atoms with E-state index in [9.17, 15) is 14.4 Å². The molecule has 2 unspecified atom stereocenters. The summed E-state index contributed by atoms with van der Waals surface area (Å²) in [7, 11) is 0. The molecular weight excluding hydrogens is 504 g/mol. The Kier molecular flexibility index (Phi) is 10.7. The molecule has 0 bridgehead atoms. The second-order valence-electron chi connectivity index (χ2n) is 10.4. The van der Waals surface area contributed by atoms with Gasteiger partial charge in [0.05, 0.1) is 22.1 Å². The van der Waals surface area contributed by atoms with Crippen molar-refractivity contribution in [1.82, 2.24) is 0 Å². The molecule has 0 aliphatic carbocycles. The summed E-state index contributed by atoms with van der Waals surface area (Å²) in [6, 6.07) is 21.4. The van der Waals surface area contributed by atoms with Crippen LogP contribution in [-0.4, -0.2) is 36.7 Å². The van der Waals surface area contributed by atoms with Crippen LogP contribution in [-0.2, 0) is 14.2 Å². The lowest BCUT2D eigenvalue weighted by atomic mass is 9.72. The molecule has 0 radical (unpaired) electrons. The molecular formula is C34H40O6. The van der Waals surface area contributed by atoms with Gasteiger partial charge in [-0.1, -0.05) is 73.9 Å². The van der Waals surface area contributed by atoms with Crippen molar-refractivity contribution in [3.63, 3.8) is 0 Å². The number of carbonyl (C=O) groups excluding carboxylic acids is 3. The molecule has 6 nitrogen and oxygen atoms in total. The van der Waals surface area contributed by atoms with Gasteiger partial charge in [-0.2, -0.15) is 0 Å². The Bertz CT molecular complexity index is 1210. The van der Waals surface area contributed by atoms with E-state index in [-0.39, 0.29) is 6.61 Å². The lowest BCUT2D eigenvalue weighted by Gasteiger charge is -2.43. The van der Waals surface area contributed by atoms with Crippen molar-refractivity contribution in [2.45, 2.75) is 73.0 Å². The van der Waals surface area contributed by atoms with Gasteiger partial charge in [0.25, 0.3) is 0 Å². The van der Waals surface area contributed by atoms with E-state index in [0.29, 0.717) is 36.0 Å². The average molecular weight is 545 g/mol. The molecule has 0 heterocycles. The smallest absolute Gasteiger partial charge is 0.338 e. The minimum Gasteiger partial charge on any atom is -0.461 e. The third kappa shape index (κ3) is 7.38. The maximum absolute atomic E-state index is 13.2. The predicted molar refractivity (Wildman–Crippen MR) is 156 cm³/mol. The molecule has 3 rings (SSSR count). The highest BCUT2D eigenvalue weighted by atomic mass is 16.6. The SMILES string of the molecule is CCC(OC(=O)c1ccc(C)cc1)C(CC)(COC(=O)c1ccc(C)cc1)C(CC)OC(=O)c1ccc(C)cc1. The molecule has 6 heteroatoms. The van der Waals surface area contributed by atoms with Crippen LogP contribution in [0.2, 0.25) is 0 Å². The van der Waals surface area contributed by atoms with E-state index >= 15 is 0 Å². The van der Waals surface area contributed by atoms with E-state index in [1.54, 1.807) is 36.4 Å². The van der Waals surface area contributed by atoms with E-state index in [2.05, 4.69) is 0 Å². The quantitative estimate of drug-likeness (QED) is 0.174. The highest BCUT2D eigenvalue weighted by Crippen LogP contribution is 2.40. The van der Waals surface area contributed by atoms with E-state index in [4.69, 9.17) is 14.2 Å². The van der Waals surface area contributed by atoms with Crippen molar-refractivity contribution in [3.8, 4) is 0 Å². The largest absolute Gasteiger partial charge is 0.461 e. The molecule has 0 aliphatic heterocycles. The van der Waals surface area contributed by atoms with Crippen molar-refractivity contribution in [2.24, 2.45) is 5.41 Å². The fourth-order valence-corrected chi connectivity index (χ4v) is 4.91. The highest BCUT2D eigenvalue weighted by Gasteiger charge is 2.48. The fourth-order valence-electron chi connectivity index (χ4n) is 4.91. The van der Waals surface area contributed by atoms with Crippen LogP contribution >= 0.6 is 0 Å². The van der Waals surface area contributed by atoms with Crippen LogP contribution in [0.25, 0.3) is 0 Å². The molecule has 0 aromatic heterocycles. The van der Waals surface area contributed by atoms with Crippen molar-refractivity contribution in [3.05, 3.63) is 106 Å². The van der Waals surface area contributed by atoms with Crippen LogP contribution in [0.5, 0.6) is 0 Å². The van der Waals surface area contributed by atoms with Gasteiger partial charge in [0.1, 0.15) is 18.8 Å². The number of rotatable bonds is 12. The first-order chi connectivity index (χ1) is 19.1. The van der Waals surface area contributed by atoms with E-state index < -0.39 is 35.5 Å². The second kappa shape index (κ2) is 13.9. The number of esters is 3. The van der Waals surface area contributed by atoms with Gasteiger partial charge in [-0.25, -0.2) is 14.4 Å². The van der Waals surface area contributed by atoms with Crippen molar-refractivity contribution < 1.29 is 28.6 Å². The number of benzene rings is 3. The maximum atomic E-state index is 13.2. The number of carbonyl (C=O) groups is 3. The van der Waals surface area contributed by atoms with Crippen molar-refractivity contribution in [2.75, 3.05) is 6.61 Å². The van der Waals surface area contributed by atoms with Crippen LogP contribution < -0.4 is 0 Å². The average Bonchev–Trinajstić information content (AvgIpc) is 2.96. The van der Waals surface area contributed by atoms with Crippen LogP contribution in [0.1, 0.15) is 87.8 Å². The summed E-state index contributed by atoms with van der Waals surface area (Å²) in [6.07, 6.45) is -0.0630. The van der Waals surface area contributed by atoms with Gasteiger partial charge in [0, 0.05) is 0 Å². The maximum Gasteiger partial charge on any atom is 0.338 e. The van der Waals surface area contributed by atoms with Gasteiger partial charge in [-0.3, -0.25) is 0 Å². The molecule has 212 valence electrons. The first kappa shape index (κ1) is 30.6. The van der Waals surface area contributed by atoms with Crippen LogP contribution in [0, 0.1) is 26.2 Å². The standard InChI is InChI=1S/C34H40O6/c1-7-29(39-32(36)27-18-12-24(5)13-19-27)34(9-3,22-38-31(35)26-16-10-23(4)11-17-26)30(8-2)40-33(37)28-20-14-25(6)15-21-28/h10-21,29-30H,7-9,22H2,1-6H3. The summed E-state index contributed by atoms with van der Waals surface area (Å²) in [5, 5.41) is 0. The Morgan fingerprint density at radius 3 is 1.20 bits per heavy atom. The first-order valence-corrected chi connectivity index (χ1v) is 13.9. The molecule has 3 aromatic rings.